The van der Waals surface area contributed by atoms with Gasteiger partial charge in [0.2, 0.25) is 11.8 Å². The van der Waals surface area contributed by atoms with Gasteiger partial charge in [-0.15, -0.1) is 4.40 Å². The van der Waals surface area contributed by atoms with Crippen molar-refractivity contribution >= 4 is 50.1 Å². The number of sulfonamides is 1. The number of anilines is 2. The van der Waals surface area contributed by atoms with E-state index in [4.69, 9.17) is 4.74 Å². The van der Waals surface area contributed by atoms with Gasteiger partial charge < -0.3 is 10.1 Å². The normalized spacial score (nSPS) is 17.0. The minimum absolute atomic E-state index is 0.000885. The Morgan fingerprint density at radius 2 is 1.77 bits per heavy atom. The predicted octanol–water partition coefficient (Wildman–Crippen LogP) is 4.23. The maximum Gasteiger partial charge on any atom is 0.284 e. The second-order valence-corrected chi connectivity index (χ2v) is 10.5. The van der Waals surface area contributed by atoms with Crippen LogP contribution in [0.3, 0.4) is 0 Å². The third kappa shape index (κ3) is 5.72. The lowest BCUT2D eigenvalue weighted by molar-refractivity contribution is -0.121. The number of ether oxygens (including phenoxy) is 1. The van der Waals surface area contributed by atoms with Crippen LogP contribution in [-0.4, -0.2) is 37.8 Å². The van der Waals surface area contributed by atoms with Gasteiger partial charge in [-0.2, -0.15) is 8.42 Å². The van der Waals surface area contributed by atoms with Gasteiger partial charge in [0.05, 0.1) is 17.7 Å². The molecule has 2 amide bonds. The number of methoxy groups -OCH3 is 1. The molecule has 0 aromatic heterocycles. The van der Waals surface area contributed by atoms with E-state index in [2.05, 4.69) is 9.71 Å². The molecule has 0 aliphatic carbocycles. The van der Waals surface area contributed by atoms with Crippen molar-refractivity contribution in [3.8, 4) is 5.75 Å². The summed E-state index contributed by atoms with van der Waals surface area (Å²) in [5.74, 6) is -0.222. The van der Waals surface area contributed by atoms with Crippen molar-refractivity contribution in [3.63, 3.8) is 0 Å². The Hall–Kier alpha value is -3.63. The number of aryl methyl sites for hydroxylation is 1. The van der Waals surface area contributed by atoms with E-state index < -0.39 is 21.2 Å². The van der Waals surface area contributed by atoms with Crippen LogP contribution >= 0.6 is 11.8 Å². The van der Waals surface area contributed by atoms with Gasteiger partial charge in [0, 0.05) is 18.2 Å². The summed E-state index contributed by atoms with van der Waals surface area (Å²) in [5, 5.41) is 1.91. The fourth-order valence-electron chi connectivity index (χ4n) is 3.42. The van der Waals surface area contributed by atoms with E-state index in [1.807, 2.05) is 6.92 Å². The van der Waals surface area contributed by atoms with Crippen molar-refractivity contribution in [1.82, 2.24) is 0 Å². The number of carbonyl (C=O) groups is 2. The first kappa shape index (κ1) is 24.5. The lowest BCUT2D eigenvalue weighted by Gasteiger charge is -2.16. The summed E-state index contributed by atoms with van der Waals surface area (Å²) in [6.45, 7) is 1.85. The first-order valence-corrected chi connectivity index (χ1v) is 13.0. The van der Waals surface area contributed by atoms with Gasteiger partial charge in [0.15, 0.2) is 5.17 Å². The van der Waals surface area contributed by atoms with Crippen LogP contribution in [0.5, 0.6) is 5.75 Å². The quantitative estimate of drug-likeness (QED) is 0.511. The van der Waals surface area contributed by atoms with E-state index in [0.29, 0.717) is 17.1 Å². The molecule has 8 nitrogen and oxygen atoms in total. The van der Waals surface area contributed by atoms with Crippen LogP contribution in [0.4, 0.5) is 11.4 Å². The molecular weight excluding hydrogens is 486 g/mol. The van der Waals surface area contributed by atoms with Crippen LogP contribution < -0.4 is 15.0 Å². The lowest BCUT2D eigenvalue weighted by atomic mass is 10.2. The van der Waals surface area contributed by atoms with E-state index in [1.165, 1.54) is 24.1 Å². The molecule has 0 spiro atoms. The summed E-state index contributed by atoms with van der Waals surface area (Å²) in [7, 11) is -2.55. The van der Waals surface area contributed by atoms with Crippen LogP contribution in [0.15, 0.2) is 88.2 Å². The van der Waals surface area contributed by atoms with E-state index in [0.717, 1.165) is 17.3 Å². The highest BCUT2D eigenvalue weighted by atomic mass is 32.2. The van der Waals surface area contributed by atoms with Gasteiger partial charge in [-0.3, -0.25) is 14.5 Å². The number of nitrogens with one attached hydrogen (secondary N) is 1. The van der Waals surface area contributed by atoms with E-state index in [1.54, 1.807) is 66.7 Å². The molecule has 3 aromatic carbocycles. The molecule has 0 saturated carbocycles. The SMILES string of the molecule is COc1cccc(NC(=O)CC2SC(=NS(=O)(=O)c3ccc(C)cc3)N(c3ccccc3)C2=O)c1. The second kappa shape index (κ2) is 10.3. The molecular formula is C25H23N3O5S2. The van der Waals surface area contributed by atoms with Crippen LogP contribution in [0, 0.1) is 6.92 Å². The van der Waals surface area contributed by atoms with Crippen LogP contribution in [0.25, 0.3) is 0 Å². The second-order valence-electron chi connectivity index (χ2n) is 7.76. The topological polar surface area (TPSA) is 105 Å². The summed E-state index contributed by atoms with van der Waals surface area (Å²) in [4.78, 5) is 27.3. The maximum absolute atomic E-state index is 13.3. The molecule has 1 saturated heterocycles. The number of carbonyl (C=O) groups excluding carboxylic acids is 2. The number of rotatable bonds is 7. The van der Waals surface area contributed by atoms with E-state index in [-0.39, 0.29) is 22.4 Å². The molecule has 35 heavy (non-hydrogen) atoms. The molecule has 1 heterocycles. The van der Waals surface area contributed by atoms with E-state index in [9.17, 15) is 18.0 Å². The Balaban J connectivity index is 1.61. The molecule has 1 aliphatic rings. The molecule has 3 aromatic rings. The van der Waals surface area contributed by atoms with Gasteiger partial charge in [0.1, 0.15) is 11.0 Å². The number of hydrogen-bond donors (Lipinski definition) is 1. The standard InChI is InChI=1S/C25H23N3O5S2/c1-17-11-13-21(14-12-17)35(31,32)27-25-28(19-8-4-3-5-9-19)24(30)22(34-25)16-23(29)26-18-7-6-10-20(15-18)33-2/h3-15,22H,16H2,1-2H3,(H,26,29). The number of thioether (sulfide) groups is 1. The smallest absolute Gasteiger partial charge is 0.284 e. The highest BCUT2D eigenvalue weighted by Crippen LogP contribution is 2.35. The molecule has 1 aliphatic heterocycles. The Labute approximate surface area is 208 Å². The summed E-state index contributed by atoms with van der Waals surface area (Å²) in [6.07, 6.45) is -0.159. The molecule has 1 N–H and O–H groups in total. The van der Waals surface area contributed by atoms with Crippen LogP contribution in [-0.2, 0) is 19.6 Å². The highest BCUT2D eigenvalue weighted by Gasteiger charge is 2.41. The van der Waals surface area contributed by atoms with E-state index >= 15 is 0 Å². The Morgan fingerprint density at radius 3 is 2.46 bits per heavy atom. The minimum atomic E-state index is -4.07. The van der Waals surface area contributed by atoms with Crippen molar-refractivity contribution in [2.75, 3.05) is 17.3 Å². The molecule has 1 atom stereocenters. The highest BCUT2D eigenvalue weighted by molar-refractivity contribution is 8.16. The third-order valence-electron chi connectivity index (χ3n) is 5.19. The fourth-order valence-corrected chi connectivity index (χ4v) is 5.76. The largest absolute Gasteiger partial charge is 0.497 e. The molecule has 4 rings (SSSR count). The Morgan fingerprint density at radius 1 is 1.06 bits per heavy atom. The molecule has 0 bridgehead atoms. The number of nitrogens with zero attached hydrogens (tertiary/aromatic N) is 2. The first-order chi connectivity index (χ1) is 16.8. The zero-order chi connectivity index (χ0) is 25.0. The van der Waals surface area contributed by atoms with Crippen LogP contribution in [0.1, 0.15) is 12.0 Å². The van der Waals surface area contributed by atoms with Crippen molar-refractivity contribution in [2.45, 2.75) is 23.5 Å². The number of amidine groups is 1. The van der Waals surface area contributed by atoms with Crippen molar-refractivity contribution < 1.29 is 22.7 Å². The molecule has 1 unspecified atom stereocenters. The predicted molar refractivity (Wildman–Crippen MR) is 137 cm³/mol. The van der Waals surface area contributed by atoms with Gasteiger partial charge >= 0.3 is 0 Å². The zero-order valence-electron chi connectivity index (χ0n) is 19.0. The lowest BCUT2D eigenvalue weighted by Crippen LogP contribution is -2.33. The minimum Gasteiger partial charge on any atom is -0.497 e. The van der Waals surface area contributed by atoms with Crippen LogP contribution in [0.2, 0.25) is 0 Å². The van der Waals surface area contributed by atoms with Crippen molar-refractivity contribution in [2.24, 2.45) is 4.40 Å². The average molecular weight is 510 g/mol. The molecule has 10 heteroatoms. The molecule has 180 valence electrons. The van der Waals surface area contributed by atoms with Gasteiger partial charge in [-0.05, 0) is 43.3 Å². The summed E-state index contributed by atoms with van der Waals surface area (Å²) < 4.78 is 35.1. The third-order valence-corrected chi connectivity index (χ3v) is 7.72. The van der Waals surface area contributed by atoms with Gasteiger partial charge in [0.25, 0.3) is 10.0 Å². The summed E-state index contributed by atoms with van der Waals surface area (Å²) in [6, 6.07) is 21.8. The monoisotopic (exact) mass is 509 g/mol. The summed E-state index contributed by atoms with van der Waals surface area (Å²) in [5.41, 5.74) is 1.91. The zero-order valence-corrected chi connectivity index (χ0v) is 20.7. The molecule has 1 fully saturated rings. The number of hydrogen-bond acceptors (Lipinski definition) is 6. The molecule has 0 radical (unpaired) electrons. The average Bonchev–Trinajstić information content (AvgIpc) is 3.13. The van der Waals surface area contributed by atoms with Gasteiger partial charge in [-0.25, -0.2) is 0 Å². The summed E-state index contributed by atoms with van der Waals surface area (Å²) >= 11 is 0.955. The first-order valence-electron chi connectivity index (χ1n) is 10.7. The number of amides is 2. The number of para-hydroxylation sites is 1. The van der Waals surface area contributed by atoms with Crippen molar-refractivity contribution in [1.29, 1.82) is 0 Å². The fraction of sp³-hybridized carbons (Fsp3) is 0.160. The number of benzene rings is 3. The Bertz CT molecular complexity index is 1370. The van der Waals surface area contributed by atoms with Gasteiger partial charge in [-0.1, -0.05) is 53.7 Å². The Kier molecular flexibility index (Phi) is 7.23. The maximum atomic E-state index is 13.3. The van der Waals surface area contributed by atoms with Crippen molar-refractivity contribution in [3.05, 3.63) is 84.4 Å².